The molecule has 3 rings (SSSR count). The van der Waals surface area contributed by atoms with E-state index in [2.05, 4.69) is 45.0 Å². The topological polar surface area (TPSA) is 59.9 Å². The lowest BCUT2D eigenvalue weighted by Gasteiger charge is -2.35. The second-order valence-corrected chi connectivity index (χ2v) is 7.91. The molecule has 0 aromatic carbocycles. The summed E-state index contributed by atoms with van der Waals surface area (Å²) in [5, 5.41) is 19.2. The number of halogens is 1. The third kappa shape index (κ3) is 5.80. The van der Waals surface area contributed by atoms with Crippen molar-refractivity contribution >= 4 is 41.3 Å². The van der Waals surface area contributed by atoms with Crippen LogP contribution in [0.5, 0.6) is 0 Å². The molecule has 0 bridgehead atoms. The summed E-state index contributed by atoms with van der Waals surface area (Å²) in [5.74, 6) is 0.818. The van der Waals surface area contributed by atoms with E-state index in [4.69, 9.17) is 0 Å². The molecule has 5 nitrogen and oxygen atoms in total. The first kappa shape index (κ1) is 20.9. The molecule has 1 aliphatic heterocycles. The number of likely N-dealkylation sites (tertiary alicyclic amines) is 1. The summed E-state index contributed by atoms with van der Waals surface area (Å²) in [6.07, 6.45) is 5.46. The molecule has 1 aromatic rings. The highest BCUT2D eigenvalue weighted by atomic mass is 127. The van der Waals surface area contributed by atoms with Crippen molar-refractivity contribution in [2.45, 2.75) is 50.7 Å². The fourth-order valence-corrected chi connectivity index (χ4v) is 4.31. The normalized spacial score (nSPS) is 21.3. The molecule has 25 heavy (non-hydrogen) atoms. The summed E-state index contributed by atoms with van der Waals surface area (Å²) in [6.45, 7) is 6.61. The lowest BCUT2D eigenvalue weighted by molar-refractivity contribution is -0.0236. The first-order valence-electron chi connectivity index (χ1n) is 9.22. The van der Waals surface area contributed by atoms with Crippen molar-refractivity contribution in [1.29, 1.82) is 0 Å². The number of nitrogens with one attached hydrogen (secondary N) is 2. The Bertz CT molecular complexity index is 527. The van der Waals surface area contributed by atoms with Crippen LogP contribution >= 0.6 is 35.3 Å². The van der Waals surface area contributed by atoms with E-state index in [1.54, 1.807) is 0 Å². The summed E-state index contributed by atoms with van der Waals surface area (Å²) in [6, 6.07) is 4.77. The van der Waals surface area contributed by atoms with Gasteiger partial charge in [-0.2, -0.15) is 0 Å². The van der Waals surface area contributed by atoms with E-state index < -0.39 is 5.60 Å². The average molecular weight is 478 g/mol. The molecular formula is C18H31IN4OS. The van der Waals surface area contributed by atoms with Crippen LogP contribution in [0, 0.1) is 0 Å². The standard InChI is InChI=1S/C18H30N4OS.HI/c1-2-19-17(21-14-18(23)8-6-9-18)20-13-15(16-7-5-12-24-16)22-10-3-4-11-22;/h5,7,12,15,23H,2-4,6,8-11,13-14H2,1H3,(H2,19,20,21);1H. The van der Waals surface area contributed by atoms with Crippen LogP contribution in [0.3, 0.4) is 0 Å². The number of nitrogens with zero attached hydrogens (tertiary/aromatic N) is 2. The van der Waals surface area contributed by atoms with Crippen molar-refractivity contribution in [1.82, 2.24) is 15.5 Å². The minimum atomic E-state index is -0.565. The van der Waals surface area contributed by atoms with Crippen molar-refractivity contribution in [3.8, 4) is 0 Å². The Balaban J connectivity index is 0.00000225. The molecular weight excluding hydrogens is 447 g/mol. The molecule has 1 aliphatic carbocycles. The van der Waals surface area contributed by atoms with E-state index in [0.717, 1.165) is 38.3 Å². The van der Waals surface area contributed by atoms with Crippen LogP contribution in [0.15, 0.2) is 22.5 Å². The molecule has 7 heteroatoms. The van der Waals surface area contributed by atoms with Crippen molar-refractivity contribution < 1.29 is 5.11 Å². The van der Waals surface area contributed by atoms with Crippen molar-refractivity contribution in [2.75, 3.05) is 32.7 Å². The highest BCUT2D eigenvalue weighted by molar-refractivity contribution is 14.0. The fraction of sp³-hybridized carbons (Fsp3) is 0.722. The van der Waals surface area contributed by atoms with Gasteiger partial charge in [-0.25, -0.2) is 0 Å². The van der Waals surface area contributed by atoms with E-state index in [1.165, 1.54) is 30.8 Å². The summed E-state index contributed by atoms with van der Waals surface area (Å²) >= 11 is 1.83. The Hall–Kier alpha value is -0.380. The molecule has 0 radical (unpaired) electrons. The van der Waals surface area contributed by atoms with E-state index in [9.17, 15) is 5.11 Å². The van der Waals surface area contributed by atoms with Crippen LogP contribution < -0.4 is 10.6 Å². The summed E-state index contributed by atoms with van der Waals surface area (Å²) in [7, 11) is 0. The number of guanidine groups is 1. The highest BCUT2D eigenvalue weighted by Crippen LogP contribution is 2.31. The average Bonchev–Trinajstić information content (AvgIpc) is 3.25. The van der Waals surface area contributed by atoms with Gasteiger partial charge in [0.05, 0.1) is 18.2 Å². The maximum Gasteiger partial charge on any atom is 0.191 e. The van der Waals surface area contributed by atoms with E-state index in [0.29, 0.717) is 12.6 Å². The van der Waals surface area contributed by atoms with Gasteiger partial charge in [0.2, 0.25) is 0 Å². The van der Waals surface area contributed by atoms with Gasteiger partial charge in [-0.1, -0.05) is 6.07 Å². The quantitative estimate of drug-likeness (QED) is 0.321. The molecule has 2 aliphatic rings. The molecule has 0 amide bonds. The van der Waals surface area contributed by atoms with Gasteiger partial charge >= 0.3 is 0 Å². The number of aliphatic imine (C=N–C) groups is 1. The van der Waals surface area contributed by atoms with Crippen LogP contribution in [0.4, 0.5) is 0 Å². The van der Waals surface area contributed by atoms with Crippen molar-refractivity contribution in [3.05, 3.63) is 22.4 Å². The maximum atomic E-state index is 10.3. The van der Waals surface area contributed by atoms with Crippen LogP contribution in [0.1, 0.15) is 49.9 Å². The molecule has 2 heterocycles. The van der Waals surface area contributed by atoms with Gasteiger partial charge in [0.1, 0.15) is 0 Å². The molecule has 1 saturated carbocycles. The summed E-state index contributed by atoms with van der Waals surface area (Å²) in [5.41, 5.74) is -0.565. The lowest BCUT2D eigenvalue weighted by atomic mass is 9.80. The zero-order chi connectivity index (χ0) is 16.8. The minimum absolute atomic E-state index is 0. The molecule has 2 fully saturated rings. The molecule has 0 spiro atoms. The SMILES string of the molecule is CCNC(=NCC1(O)CCC1)NCC(c1cccs1)N1CCCC1.I. The smallest absolute Gasteiger partial charge is 0.191 e. The van der Waals surface area contributed by atoms with Crippen LogP contribution in [-0.2, 0) is 0 Å². The number of hydrogen-bond acceptors (Lipinski definition) is 4. The van der Waals surface area contributed by atoms with Crippen molar-refractivity contribution in [3.63, 3.8) is 0 Å². The Morgan fingerprint density at radius 1 is 1.32 bits per heavy atom. The third-order valence-electron chi connectivity index (χ3n) is 5.08. The minimum Gasteiger partial charge on any atom is -0.388 e. The zero-order valence-electron chi connectivity index (χ0n) is 15.0. The van der Waals surface area contributed by atoms with Crippen molar-refractivity contribution in [2.24, 2.45) is 4.99 Å². The number of thiophene rings is 1. The summed E-state index contributed by atoms with van der Waals surface area (Å²) < 4.78 is 0. The molecule has 1 unspecified atom stereocenters. The maximum absolute atomic E-state index is 10.3. The van der Waals surface area contributed by atoms with Crippen LogP contribution in [0.25, 0.3) is 0 Å². The molecule has 142 valence electrons. The first-order valence-corrected chi connectivity index (χ1v) is 10.1. The van der Waals surface area contributed by atoms with Gasteiger partial charge in [0.25, 0.3) is 0 Å². The monoisotopic (exact) mass is 478 g/mol. The Kier molecular flexibility index (Phi) is 8.44. The van der Waals surface area contributed by atoms with Crippen LogP contribution in [-0.4, -0.2) is 54.3 Å². The molecule has 3 N–H and O–H groups in total. The van der Waals surface area contributed by atoms with Gasteiger partial charge in [0.15, 0.2) is 5.96 Å². The van der Waals surface area contributed by atoms with Gasteiger partial charge < -0.3 is 15.7 Å². The summed E-state index contributed by atoms with van der Waals surface area (Å²) in [4.78, 5) is 8.60. The zero-order valence-corrected chi connectivity index (χ0v) is 18.2. The van der Waals surface area contributed by atoms with Gasteiger partial charge in [0, 0.05) is 18.0 Å². The molecule has 1 aromatic heterocycles. The Labute approximate surface area is 172 Å². The van der Waals surface area contributed by atoms with Crippen LogP contribution in [0.2, 0.25) is 0 Å². The van der Waals surface area contributed by atoms with E-state index in [-0.39, 0.29) is 24.0 Å². The van der Waals surface area contributed by atoms with Gasteiger partial charge in [-0.3, -0.25) is 9.89 Å². The Morgan fingerprint density at radius 3 is 2.64 bits per heavy atom. The number of hydrogen-bond donors (Lipinski definition) is 3. The lowest BCUT2D eigenvalue weighted by Crippen LogP contribution is -2.45. The predicted molar refractivity (Wildman–Crippen MR) is 116 cm³/mol. The second-order valence-electron chi connectivity index (χ2n) is 6.93. The second kappa shape index (κ2) is 10.1. The molecule has 1 atom stereocenters. The largest absolute Gasteiger partial charge is 0.388 e. The van der Waals surface area contributed by atoms with Gasteiger partial charge in [-0.05, 0) is 63.6 Å². The Morgan fingerprint density at radius 2 is 2.08 bits per heavy atom. The third-order valence-corrected chi connectivity index (χ3v) is 6.05. The first-order chi connectivity index (χ1) is 11.7. The number of aliphatic hydroxyl groups is 1. The van der Waals surface area contributed by atoms with E-state index in [1.807, 2.05) is 11.3 Å². The van der Waals surface area contributed by atoms with Gasteiger partial charge in [-0.15, -0.1) is 35.3 Å². The molecule has 1 saturated heterocycles. The fourth-order valence-electron chi connectivity index (χ4n) is 3.45. The predicted octanol–water partition coefficient (Wildman–Crippen LogP) is 2.97. The van der Waals surface area contributed by atoms with E-state index >= 15 is 0 Å². The highest BCUT2D eigenvalue weighted by Gasteiger charge is 2.34. The number of rotatable bonds is 7.